The fourth-order valence-corrected chi connectivity index (χ4v) is 0.487. The van der Waals surface area contributed by atoms with Gasteiger partial charge in [-0.15, -0.1) is 4.91 Å². The lowest BCUT2D eigenvalue weighted by Crippen LogP contribution is -2.33. The summed E-state index contributed by atoms with van der Waals surface area (Å²) in [5.41, 5.74) is 1.74. The highest BCUT2D eigenvalue weighted by atomic mass is 16.3. The Morgan fingerprint density at radius 3 is 2.67 bits per heavy atom. The third kappa shape index (κ3) is 2.07. The molecule has 0 saturated heterocycles. The Morgan fingerprint density at radius 1 is 1.56 bits per heavy atom. The van der Waals surface area contributed by atoms with Crippen molar-refractivity contribution >= 4 is 6.03 Å². The molecule has 5 nitrogen and oxygen atoms in total. The summed E-state index contributed by atoms with van der Waals surface area (Å²) in [6.45, 7) is 0. The number of nitrogens with one attached hydrogen (secondary N) is 2. The van der Waals surface area contributed by atoms with Crippen LogP contribution in [-0.2, 0) is 0 Å². The maximum atomic E-state index is 10.4. The molecule has 5 heteroatoms. The van der Waals surface area contributed by atoms with Gasteiger partial charge in [0.25, 0.3) is 0 Å². The van der Waals surface area contributed by atoms with Gasteiger partial charge in [-0.05, 0) is 12.8 Å². The fraction of sp³-hybridized carbons (Fsp3) is 0.750. The van der Waals surface area contributed by atoms with Crippen molar-refractivity contribution in [2.45, 2.75) is 18.9 Å². The average molecular weight is 129 g/mol. The van der Waals surface area contributed by atoms with Crippen LogP contribution in [0.3, 0.4) is 0 Å². The summed E-state index contributed by atoms with van der Waals surface area (Å²) in [5, 5.41) is 4.72. The van der Waals surface area contributed by atoms with Crippen molar-refractivity contribution in [3.8, 4) is 0 Å². The second-order valence-electron chi connectivity index (χ2n) is 1.95. The SMILES string of the molecule is O=NNC(=O)NC1CC1. The number of nitroso groups, excluding NO2 is 1. The molecule has 0 aromatic carbocycles. The number of carbonyl (C=O) groups is 1. The summed E-state index contributed by atoms with van der Waals surface area (Å²) < 4.78 is 0. The minimum absolute atomic E-state index is 0.270. The molecule has 0 heterocycles. The van der Waals surface area contributed by atoms with Crippen molar-refractivity contribution in [2.75, 3.05) is 0 Å². The summed E-state index contributed by atoms with van der Waals surface area (Å²) in [6.07, 6.45) is 2.01. The van der Waals surface area contributed by atoms with E-state index < -0.39 is 6.03 Å². The van der Waals surface area contributed by atoms with E-state index >= 15 is 0 Å². The van der Waals surface area contributed by atoms with Gasteiger partial charge in [-0.3, -0.25) is 0 Å². The van der Waals surface area contributed by atoms with Gasteiger partial charge in [-0.25, -0.2) is 4.79 Å². The number of amides is 2. The number of nitrogens with zero attached hydrogens (tertiary/aromatic N) is 1. The summed E-state index contributed by atoms with van der Waals surface area (Å²) in [7, 11) is 0. The molecule has 1 rings (SSSR count). The van der Waals surface area contributed by atoms with Crippen LogP contribution in [0.15, 0.2) is 5.29 Å². The molecule has 0 unspecified atom stereocenters. The van der Waals surface area contributed by atoms with E-state index in [0.717, 1.165) is 12.8 Å². The molecule has 1 fully saturated rings. The molecule has 0 aromatic heterocycles. The minimum atomic E-state index is -0.507. The Bertz CT molecular complexity index is 132. The van der Waals surface area contributed by atoms with Gasteiger partial charge >= 0.3 is 6.03 Å². The Hall–Kier alpha value is -1.13. The first kappa shape index (κ1) is 6.00. The zero-order valence-electron chi connectivity index (χ0n) is 4.76. The smallest absolute Gasteiger partial charge is 0.334 e. The van der Waals surface area contributed by atoms with E-state index in [9.17, 15) is 9.70 Å². The van der Waals surface area contributed by atoms with E-state index in [0.29, 0.717) is 0 Å². The van der Waals surface area contributed by atoms with Gasteiger partial charge in [0.2, 0.25) is 0 Å². The second-order valence-corrected chi connectivity index (χ2v) is 1.95. The molecular weight excluding hydrogens is 122 g/mol. The van der Waals surface area contributed by atoms with Crippen molar-refractivity contribution in [3.05, 3.63) is 4.91 Å². The van der Waals surface area contributed by atoms with Gasteiger partial charge in [-0.1, -0.05) is 0 Å². The molecule has 0 aromatic rings. The highest BCUT2D eigenvalue weighted by Gasteiger charge is 2.22. The number of hydrogen-bond acceptors (Lipinski definition) is 3. The summed E-state index contributed by atoms with van der Waals surface area (Å²) in [5.74, 6) is 0. The predicted molar refractivity (Wildman–Crippen MR) is 30.5 cm³/mol. The van der Waals surface area contributed by atoms with Crippen molar-refractivity contribution < 1.29 is 4.79 Å². The minimum Gasteiger partial charge on any atom is -0.334 e. The van der Waals surface area contributed by atoms with Crippen LogP contribution in [0.5, 0.6) is 0 Å². The predicted octanol–water partition coefficient (Wildman–Crippen LogP) is 0.129. The van der Waals surface area contributed by atoms with E-state index in [-0.39, 0.29) is 6.04 Å². The summed E-state index contributed by atoms with van der Waals surface area (Å²) in [6, 6.07) is -0.237. The van der Waals surface area contributed by atoms with Crippen molar-refractivity contribution in [3.63, 3.8) is 0 Å². The van der Waals surface area contributed by atoms with Crippen LogP contribution in [0.4, 0.5) is 4.79 Å². The number of urea groups is 1. The lowest BCUT2D eigenvalue weighted by atomic mass is 10.7. The van der Waals surface area contributed by atoms with E-state index in [4.69, 9.17) is 0 Å². The number of carbonyl (C=O) groups excluding carboxylic acids is 1. The molecule has 0 atom stereocenters. The Kier molecular flexibility index (Phi) is 1.62. The molecule has 0 aliphatic heterocycles. The summed E-state index contributed by atoms with van der Waals surface area (Å²) >= 11 is 0. The quantitative estimate of drug-likeness (QED) is 0.411. The van der Waals surface area contributed by atoms with Gasteiger partial charge in [0.05, 0.1) is 5.29 Å². The van der Waals surface area contributed by atoms with Crippen molar-refractivity contribution in [1.29, 1.82) is 0 Å². The van der Waals surface area contributed by atoms with Gasteiger partial charge in [0.1, 0.15) is 0 Å². The topological polar surface area (TPSA) is 70.6 Å². The Labute approximate surface area is 51.8 Å². The van der Waals surface area contributed by atoms with Crippen LogP contribution in [0.25, 0.3) is 0 Å². The molecule has 1 saturated carbocycles. The third-order valence-corrected chi connectivity index (χ3v) is 1.06. The zero-order chi connectivity index (χ0) is 6.69. The maximum absolute atomic E-state index is 10.4. The van der Waals surface area contributed by atoms with Crippen LogP contribution in [0, 0.1) is 4.91 Å². The van der Waals surface area contributed by atoms with E-state index in [1.807, 2.05) is 0 Å². The average Bonchev–Trinajstić information content (AvgIpc) is 2.50. The van der Waals surface area contributed by atoms with Gasteiger partial charge in [0.15, 0.2) is 0 Å². The molecule has 0 bridgehead atoms. The normalized spacial score (nSPS) is 16.4. The first-order valence-electron chi connectivity index (χ1n) is 2.72. The molecule has 0 spiro atoms. The van der Waals surface area contributed by atoms with Crippen LogP contribution in [0.2, 0.25) is 0 Å². The third-order valence-electron chi connectivity index (χ3n) is 1.06. The van der Waals surface area contributed by atoms with Crippen molar-refractivity contribution in [1.82, 2.24) is 10.7 Å². The number of rotatable bonds is 2. The van der Waals surface area contributed by atoms with Gasteiger partial charge < -0.3 is 5.32 Å². The molecule has 1 aliphatic rings. The van der Waals surface area contributed by atoms with Crippen LogP contribution >= 0.6 is 0 Å². The molecule has 2 amide bonds. The fourth-order valence-electron chi connectivity index (χ4n) is 0.487. The van der Waals surface area contributed by atoms with E-state index in [2.05, 4.69) is 10.6 Å². The van der Waals surface area contributed by atoms with Crippen LogP contribution in [0.1, 0.15) is 12.8 Å². The second kappa shape index (κ2) is 2.43. The number of hydrogen-bond donors (Lipinski definition) is 2. The lowest BCUT2D eigenvalue weighted by Gasteiger charge is -1.96. The first-order valence-corrected chi connectivity index (χ1v) is 2.72. The van der Waals surface area contributed by atoms with E-state index in [1.54, 1.807) is 5.43 Å². The zero-order valence-corrected chi connectivity index (χ0v) is 4.76. The summed E-state index contributed by atoms with van der Waals surface area (Å²) in [4.78, 5) is 19.8. The standard InChI is InChI=1S/C4H7N3O2/c8-4(6-7-9)5-3-1-2-3/h3H,1-2H2,(H2,5,6,8,9). The highest BCUT2D eigenvalue weighted by Crippen LogP contribution is 2.17. The molecule has 0 radical (unpaired) electrons. The van der Waals surface area contributed by atoms with Gasteiger partial charge in [-0.2, -0.15) is 5.43 Å². The molecule has 1 aliphatic carbocycles. The lowest BCUT2D eigenvalue weighted by molar-refractivity contribution is 0.241. The molecular formula is C4H7N3O2. The Balaban J connectivity index is 2.09. The largest absolute Gasteiger partial charge is 0.337 e. The van der Waals surface area contributed by atoms with Gasteiger partial charge in [0, 0.05) is 6.04 Å². The highest BCUT2D eigenvalue weighted by molar-refractivity contribution is 5.73. The molecule has 50 valence electrons. The molecule has 9 heavy (non-hydrogen) atoms. The van der Waals surface area contributed by atoms with Crippen LogP contribution in [-0.4, -0.2) is 12.1 Å². The van der Waals surface area contributed by atoms with Crippen molar-refractivity contribution in [2.24, 2.45) is 5.29 Å². The van der Waals surface area contributed by atoms with Crippen LogP contribution < -0.4 is 10.7 Å². The monoisotopic (exact) mass is 129 g/mol. The maximum Gasteiger partial charge on any atom is 0.337 e. The molecule has 2 N–H and O–H groups in total. The van der Waals surface area contributed by atoms with E-state index in [1.165, 1.54) is 0 Å². The Morgan fingerprint density at radius 2 is 2.22 bits per heavy atom. The first-order chi connectivity index (χ1) is 4.33.